The first-order chi connectivity index (χ1) is 11.2. The van der Waals surface area contributed by atoms with Gasteiger partial charge in [0.05, 0.1) is 17.7 Å². The summed E-state index contributed by atoms with van der Waals surface area (Å²) in [5.74, 6) is 0.634. The largest absolute Gasteiger partial charge is 0.384 e. The summed E-state index contributed by atoms with van der Waals surface area (Å²) in [6.45, 7) is 4.59. The minimum absolute atomic E-state index is 0.367. The number of carbonyl (C=O) groups excluding carboxylic acids is 1. The van der Waals surface area contributed by atoms with Gasteiger partial charge in [-0.3, -0.25) is 4.79 Å². The molecule has 1 amide bonds. The Hall–Kier alpha value is -2.05. The summed E-state index contributed by atoms with van der Waals surface area (Å²) in [6.07, 6.45) is 1.01. The van der Waals surface area contributed by atoms with Gasteiger partial charge in [-0.15, -0.1) is 0 Å². The monoisotopic (exact) mass is 314 g/mol. The second-order valence-corrected chi connectivity index (χ2v) is 6.50. The molecule has 1 aromatic heterocycles. The molecule has 0 spiro atoms. The van der Waals surface area contributed by atoms with Crippen molar-refractivity contribution >= 4 is 22.5 Å². The minimum Gasteiger partial charge on any atom is -0.384 e. The van der Waals surface area contributed by atoms with Crippen molar-refractivity contribution in [1.29, 1.82) is 0 Å². The van der Waals surface area contributed by atoms with E-state index in [1.54, 1.807) is 6.07 Å². The molecule has 0 bridgehead atoms. The zero-order valence-corrected chi connectivity index (χ0v) is 13.0. The second-order valence-electron chi connectivity index (χ2n) is 6.50. The van der Waals surface area contributed by atoms with Crippen LogP contribution in [0.3, 0.4) is 0 Å². The quantitative estimate of drug-likeness (QED) is 0.671. The van der Waals surface area contributed by atoms with Crippen LogP contribution < -0.4 is 16.4 Å². The smallest absolute Gasteiger partial charge is 0.250 e. The molecule has 2 aliphatic rings. The van der Waals surface area contributed by atoms with Crippen molar-refractivity contribution in [3.05, 3.63) is 29.5 Å². The van der Waals surface area contributed by atoms with Gasteiger partial charge in [0.2, 0.25) is 0 Å². The highest BCUT2D eigenvalue weighted by Gasteiger charge is 2.22. The highest BCUT2D eigenvalue weighted by molar-refractivity contribution is 6.08. The van der Waals surface area contributed by atoms with Gasteiger partial charge in [0, 0.05) is 54.8 Å². The molecule has 2 aliphatic heterocycles. The molecular weight excluding hydrogens is 292 g/mol. The molecule has 2 saturated heterocycles. The third kappa shape index (κ3) is 2.68. The van der Waals surface area contributed by atoms with Crippen LogP contribution in [0.25, 0.3) is 10.9 Å². The van der Waals surface area contributed by atoms with E-state index >= 15 is 0 Å². The van der Waals surface area contributed by atoms with Gasteiger partial charge in [0.15, 0.2) is 0 Å². The van der Waals surface area contributed by atoms with Crippen LogP contribution in [0.15, 0.2) is 18.2 Å². The maximum atomic E-state index is 11.7. The summed E-state index contributed by atoms with van der Waals surface area (Å²) >= 11 is 0. The van der Waals surface area contributed by atoms with Crippen LogP contribution in [0.1, 0.15) is 28.4 Å². The number of primary amides is 1. The fourth-order valence-corrected chi connectivity index (χ4v) is 3.35. The predicted octanol–water partition coefficient (Wildman–Crippen LogP) is 1.40. The third-order valence-electron chi connectivity index (χ3n) is 4.90. The fraction of sp³-hybridized carbons (Fsp3) is 0.471. The highest BCUT2D eigenvalue weighted by Crippen LogP contribution is 2.33. The SMILES string of the molecule is NC(=O)c1ccc(NCC2CNC2)c2cc([C@@H]3CCOC3)[nH]c12. The third-order valence-corrected chi connectivity index (χ3v) is 4.90. The van der Waals surface area contributed by atoms with Crippen molar-refractivity contribution < 1.29 is 9.53 Å². The van der Waals surface area contributed by atoms with Crippen LogP contribution >= 0.6 is 0 Å². The predicted molar refractivity (Wildman–Crippen MR) is 89.8 cm³/mol. The molecule has 122 valence electrons. The van der Waals surface area contributed by atoms with Gasteiger partial charge in [-0.05, 0) is 24.6 Å². The molecule has 3 heterocycles. The van der Waals surface area contributed by atoms with E-state index in [0.29, 0.717) is 17.4 Å². The molecule has 1 atom stereocenters. The van der Waals surface area contributed by atoms with Crippen LogP contribution in [0.5, 0.6) is 0 Å². The second kappa shape index (κ2) is 5.86. The van der Waals surface area contributed by atoms with Gasteiger partial charge < -0.3 is 26.1 Å². The number of amides is 1. The van der Waals surface area contributed by atoms with Crippen LogP contribution in [0.2, 0.25) is 0 Å². The number of carbonyl (C=O) groups is 1. The minimum atomic E-state index is -0.402. The number of anilines is 1. The van der Waals surface area contributed by atoms with Crippen molar-refractivity contribution in [3.63, 3.8) is 0 Å². The van der Waals surface area contributed by atoms with E-state index in [1.165, 1.54) is 0 Å². The lowest BCUT2D eigenvalue weighted by atomic mass is 10.0. The number of aromatic nitrogens is 1. The molecule has 6 nitrogen and oxygen atoms in total. The molecule has 23 heavy (non-hydrogen) atoms. The molecule has 6 heteroatoms. The van der Waals surface area contributed by atoms with E-state index in [1.807, 2.05) is 6.07 Å². The molecule has 5 N–H and O–H groups in total. The first kappa shape index (κ1) is 14.5. The Balaban J connectivity index is 1.70. The lowest BCUT2D eigenvalue weighted by Crippen LogP contribution is -2.45. The average molecular weight is 314 g/mol. The van der Waals surface area contributed by atoms with Crippen molar-refractivity contribution in [3.8, 4) is 0 Å². The number of benzene rings is 1. The summed E-state index contributed by atoms with van der Waals surface area (Å²) in [7, 11) is 0. The number of fused-ring (bicyclic) bond motifs is 1. The summed E-state index contributed by atoms with van der Waals surface area (Å²) in [4.78, 5) is 15.1. The van der Waals surface area contributed by atoms with Gasteiger partial charge in [-0.1, -0.05) is 0 Å². The van der Waals surface area contributed by atoms with E-state index in [4.69, 9.17) is 10.5 Å². The summed E-state index contributed by atoms with van der Waals surface area (Å²) in [5.41, 5.74) is 9.08. The highest BCUT2D eigenvalue weighted by atomic mass is 16.5. The van der Waals surface area contributed by atoms with E-state index in [9.17, 15) is 4.79 Å². The first-order valence-electron chi connectivity index (χ1n) is 8.20. The van der Waals surface area contributed by atoms with Gasteiger partial charge in [0.25, 0.3) is 5.91 Å². The topological polar surface area (TPSA) is 92.2 Å². The molecule has 0 aliphatic carbocycles. The summed E-state index contributed by atoms with van der Waals surface area (Å²) < 4.78 is 5.48. The number of aromatic amines is 1. The maximum Gasteiger partial charge on any atom is 0.250 e. The Bertz CT molecular complexity index is 730. The van der Waals surface area contributed by atoms with Gasteiger partial charge >= 0.3 is 0 Å². The Kier molecular flexibility index (Phi) is 3.71. The maximum absolute atomic E-state index is 11.7. The lowest BCUT2D eigenvalue weighted by Gasteiger charge is -2.27. The zero-order valence-electron chi connectivity index (χ0n) is 13.0. The van der Waals surface area contributed by atoms with Crippen molar-refractivity contribution in [2.75, 3.05) is 38.2 Å². The number of hydrogen-bond acceptors (Lipinski definition) is 4. The Morgan fingerprint density at radius 1 is 1.39 bits per heavy atom. The van der Waals surface area contributed by atoms with Crippen molar-refractivity contribution in [1.82, 2.24) is 10.3 Å². The van der Waals surface area contributed by atoms with Crippen LogP contribution in [0, 0.1) is 5.92 Å². The van der Waals surface area contributed by atoms with Gasteiger partial charge in [-0.25, -0.2) is 0 Å². The number of rotatable bonds is 5. The van der Waals surface area contributed by atoms with Gasteiger partial charge in [0.1, 0.15) is 0 Å². The fourth-order valence-electron chi connectivity index (χ4n) is 3.35. The molecular formula is C17H22N4O2. The van der Waals surface area contributed by atoms with E-state index in [2.05, 4.69) is 21.7 Å². The molecule has 0 unspecified atom stereocenters. The Morgan fingerprint density at radius 3 is 2.91 bits per heavy atom. The molecule has 0 saturated carbocycles. The zero-order chi connectivity index (χ0) is 15.8. The molecule has 4 rings (SSSR count). The molecule has 1 aromatic carbocycles. The van der Waals surface area contributed by atoms with E-state index < -0.39 is 5.91 Å². The summed E-state index contributed by atoms with van der Waals surface area (Å²) in [5, 5.41) is 7.83. The van der Waals surface area contributed by atoms with Gasteiger partial charge in [-0.2, -0.15) is 0 Å². The molecule has 2 aromatic rings. The Labute approximate surface area is 134 Å². The number of ether oxygens (including phenoxy) is 1. The van der Waals surface area contributed by atoms with E-state index in [0.717, 1.165) is 61.6 Å². The number of nitrogens with one attached hydrogen (secondary N) is 3. The summed E-state index contributed by atoms with van der Waals surface area (Å²) in [6, 6.07) is 5.90. The van der Waals surface area contributed by atoms with Crippen molar-refractivity contribution in [2.24, 2.45) is 11.7 Å². The Morgan fingerprint density at radius 2 is 2.26 bits per heavy atom. The first-order valence-corrected chi connectivity index (χ1v) is 8.20. The normalized spacial score (nSPS) is 21.5. The number of nitrogens with two attached hydrogens (primary N) is 1. The van der Waals surface area contributed by atoms with Crippen LogP contribution in [-0.2, 0) is 4.74 Å². The molecule has 2 fully saturated rings. The molecule has 0 radical (unpaired) electrons. The number of H-pyrrole nitrogens is 1. The number of hydrogen-bond donors (Lipinski definition) is 4. The van der Waals surface area contributed by atoms with Crippen LogP contribution in [0.4, 0.5) is 5.69 Å². The average Bonchev–Trinajstić information content (AvgIpc) is 3.14. The lowest BCUT2D eigenvalue weighted by molar-refractivity contribution is 0.100. The van der Waals surface area contributed by atoms with Crippen LogP contribution in [-0.4, -0.2) is 43.7 Å². The standard InChI is InChI=1S/C17H22N4O2/c18-17(22)12-1-2-14(20-8-10-6-19-7-10)13-5-15(21-16(12)13)11-3-4-23-9-11/h1-2,5,10-11,19-21H,3-4,6-9H2,(H2,18,22)/t11-/m1/s1. The van der Waals surface area contributed by atoms with E-state index in [-0.39, 0.29) is 0 Å². The van der Waals surface area contributed by atoms with Crippen molar-refractivity contribution in [2.45, 2.75) is 12.3 Å².